The zero-order valence-corrected chi connectivity index (χ0v) is 13.4. The molecule has 1 atom stereocenters. The molecule has 0 spiro atoms. The summed E-state index contributed by atoms with van der Waals surface area (Å²) in [5.41, 5.74) is 1.34. The van der Waals surface area contributed by atoms with Gasteiger partial charge < -0.3 is 5.32 Å². The highest BCUT2D eigenvalue weighted by Gasteiger charge is 2.12. The van der Waals surface area contributed by atoms with E-state index in [2.05, 4.69) is 72.9 Å². The van der Waals surface area contributed by atoms with Crippen LogP contribution in [-0.2, 0) is 6.42 Å². The van der Waals surface area contributed by atoms with Crippen molar-refractivity contribution in [3.05, 3.63) is 55.1 Å². The lowest BCUT2D eigenvalue weighted by molar-refractivity contribution is 0.602. The molecule has 0 aliphatic heterocycles. The number of hydrogen-bond donors (Lipinski definition) is 1. The second kappa shape index (κ2) is 6.14. The molecule has 0 aliphatic carbocycles. The Hall–Kier alpha value is -0.160. The lowest BCUT2D eigenvalue weighted by atomic mass is 10.1. The summed E-state index contributed by atoms with van der Waals surface area (Å²) in [4.78, 5) is 1.36. The van der Waals surface area contributed by atoms with Crippen molar-refractivity contribution in [1.29, 1.82) is 0 Å². The van der Waals surface area contributed by atoms with Crippen molar-refractivity contribution in [3.63, 3.8) is 0 Å². The van der Waals surface area contributed by atoms with Crippen molar-refractivity contribution in [2.24, 2.45) is 0 Å². The Labute approximate surface area is 123 Å². The number of benzene rings is 1. The molecule has 1 N–H and O–H groups in total. The van der Waals surface area contributed by atoms with Crippen LogP contribution in [0.2, 0.25) is 0 Å². The van der Waals surface area contributed by atoms with Gasteiger partial charge in [-0.2, -0.15) is 0 Å². The molecule has 0 fully saturated rings. The number of hydrogen-bond acceptors (Lipinski definition) is 2. The molecule has 1 aromatic carbocycles. The highest BCUT2D eigenvalue weighted by molar-refractivity contribution is 9.10. The molecule has 0 saturated heterocycles. The minimum atomic E-state index is 0.382. The Balaban J connectivity index is 2.12. The molecular formula is C13H13Br2NS. The summed E-state index contributed by atoms with van der Waals surface area (Å²) in [7, 11) is 2.01. The maximum absolute atomic E-state index is 3.50. The molecule has 17 heavy (non-hydrogen) atoms. The molecule has 90 valence electrons. The highest BCUT2D eigenvalue weighted by atomic mass is 79.9. The van der Waals surface area contributed by atoms with Crippen molar-refractivity contribution in [2.45, 2.75) is 12.5 Å². The van der Waals surface area contributed by atoms with Crippen LogP contribution in [0.3, 0.4) is 0 Å². The van der Waals surface area contributed by atoms with Crippen LogP contribution >= 0.6 is 43.2 Å². The van der Waals surface area contributed by atoms with E-state index in [1.165, 1.54) is 10.4 Å². The number of thiophene rings is 1. The van der Waals surface area contributed by atoms with Crippen LogP contribution in [0, 0.1) is 0 Å². The van der Waals surface area contributed by atoms with Crippen LogP contribution in [0.5, 0.6) is 0 Å². The topological polar surface area (TPSA) is 12.0 Å². The first-order valence-electron chi connectivity index (χ1n) is 5.34. The summed E-state index contributed by atoms with van der Waals surface area (Å²) in [6, 6.07) is 11.1. The smallest absolute Gasteiger partial charge is 0.0453 e. The molecule has 0 amide bonds. The fourth-order valence-corrected chi connectivity index (χ4v) is 3.53. The van der Waals surface area contributed by atoms with Crippen molar-refractivity contribution >= 4 is 43.2 Å². The van der Waals surface area contributed by atoms with E-state index >= 15 is 0 Å². The molecule has 0 saturated carbocycles. The van der Waals surface area contributed by atoms with Gasteiger partial charge in [-0.1, -0.05) is 28.1 Å². The van der Waals surface area contributed by atoms with Crippen LogP contribution in [-0.4, -0.2) is 7.05 Å². The van der Waals surface area contributed by atoms with Crippen LogP contribution in [0.25, 0.3) is 0 Å². The number of halogens is 2. The molecule has 2 aromatic rings. The summed E-state index contributed by atoms with van der Waals surface area (Å²) in [6.07, 6.45) is 1.01. The number of rotatable bonds is 4. The SMILES string of the molecule is CNC(Cc1ccc(Br)cc1)c1cc(Br)cs1. The Morgan fingerprint density at radius 2 is 1.88 bits per heavy atom. The third kappa shape index (κ3) is 3.65. The minimum Gasteiger partial charge on any atom is -0.312 e. The molecule has 0 bridgehead atoms. The van der Waals surface area contributed by atoms with Crippen LogP contribution in [0.1, 0.15) is 16.5 Å². The first-order chi connectivity index (χ1) is 8.19. The van der Waals surface area contributed by atoms with Gasteiger partial charge in [-0.15, -0.1) is 11.3 Å². The number of nitrogens with one attached hydrogen (secondary N) is 1. The van der Waals surface area contributed by atoms with Gasteiger partial charge in [0.25, 0.3) is 0 Å². The molecule has 2 rings (SSSR count). The average Bonchev–Trinajstić information content (AvgIpc) is 2.75. The van der Waals surface area contributed by atoms with Gasteiger partial charge >= 0.3 is 0 Å². The van der Waals surface area contributed by atoms with Crippen LogP contribution < -0.4 is 5.32 Å². The van der Waals surface area contributed by atoms with Gasteiger partial charge in [0.15, 0.2) is 0 Å². The average molecular weight is 375 g/mol. The Morgan fingerprint density at radius 1 is 1.18 bits per heavy atom. The van der Waals surface area contributed by atoms with E-state index in [4.69, 9.17) is 0 Å². The first kappa shape index (κ1) is 13.3. The summed E-state index contributed by atoms with van der Waals surface area (Å²) < 4.78 is 2.29. The minimum absolute atomic E-state index is 0.382. The van der Waals surface area contributed by atoms with Gasteiger partial charge in [0.2, 0.25) is 0 Å². The first-order valence-corrected chi connectivity index (χ1v) is 7.81. The summed E-state index contributed by atoms with van der Waals surface area (Å²) in [6.45, 7) is 0. The van der Waals surface area contributed by atoms with Crippen LogP contribution in [0.15, 0.2) is 44.7 Å². The van der Waals surface area contributed by atoms with Gasteiger partial charge in [0, 0.05) is 25.2 Å². The molecule has 1 nitrogen and oxygen atoms in total. The quantitative estimate of drug-likeness (QED) is 0.812. The predicted molar refractivity (Wildman–Crippen MR) is 81.7 cm³/mol. The normalized spacial score (nSPS) is 12.6. The zero-order chi connectivity index (χ0) is 12.3. The van der Waals surface area contributed by atoms with E-state index in [1.54, 1.807) is 11.3 Å². The van der Waals surface area contributed by atoms with E-state index in [0.717, 1.165) is 15.4 Å². The second-order valence-corrected chi connectivity index (χ2v) is 6.61. The fraction of sp³-hybridized carbons (Fsp3) is 0.231. The predicted octanol–water partition coefficient (Wildman–Crippen LogP) is 4.78. The van der Waals surface area contributed by atoms with Gasteiger partial charge in [-0.05, 0) is 53.2 Å². The van der Waals surface area contributed by atoms with E-state index in [0.29, 0.717) is 6.04 Å². The molecule has 0 aliphatic rings. The molecular weight excluding hydrogens is 362 g/mol. The van der Waals surface area contributed by atoms with Gasteiger partial charge in [0.1, 0.15) is 0 Å². The lowest BCUT2D eigenvalue weighted by Gasteiger charge is -2.14. The molecule has 1 unspecified atom stereocenters. The Kier molecular flexibility index (Phi) is 4.79. The van der Waals surface area contributed by atoms with Crippen molar-refractivity contribution < 1.29 is 0 Å². The standard InChI is InChI=1S/C13H13Br2NS/c1-16-12(13-7-11(15)8-17-13)6-9-2-4-10(14)5-3-9/h2-5,7-8,12,16H,6H2,1H3. The van der Waals surface area contributed by atoms with Crippen LogP contribution in [0.4, 0.5) is 0 Å². The Bertz CT molecular complexity index is 478. The van der Waals surface area contributed by atoms with E-state index < -0.39 is 0 Å². The molecule has 1 aromatic heterocycles. The third-order valence-corrected chi connectivity index (χ3v) is 4.97. The molecule has 4 heteroatoms. The third-order valence-electron chi connectivity index (χ3n) is 2.63. The summed E-state index contributed by atoms with van der Waals surface area (Å²) in [5, 5.41) is 5.50. The maximum Gasteiger partial charge on any atom is 0.0453 e. The monoisotopic (exact) mass is 373 g/mol. The van der Waals surface area contributed by atoms with Gasteiger partial charge in [0.05, 0.1) is 0 Å². The largest absolute Gasteiger partial charge is 0.312 e. The molecule has 1 heterocycles. The second-order valence-electron chi connectivity index (χ2n) is 3.84. The fourth-order valence-electron chi connectivity index (χ4n) is 1.71. The number of likely N-dealkylation sites (N-methyl/N-ethyl adjacent to an activating group) is 1. The van der Waals surface area contributed by atoms with Crippen molar-refractivity contribution in [1.82, 2.24) is 5.32 Å². The van der Waals surface area contributed by atoms with Gasteiger partial charge in [-0.25, -0.2) is 0 Å². The highest BCUT2D eigenvalue weighted by Crippen LogP contribution is 2.28. The van der Waals surface area contributed by atoms with E-state index in [-0.39, 0.29) is 0 Å². The molecule has 0 radical (unpaired) electrons. The van der Waals surface area contributed by atoms with E-state index in [9.17, 15) is 0 Å². The Morgan fingerprint density at radius 3 is 2.41 bits per heavy atom. The summed E-state index contributed by atoms with van der Waals surface area (Å²) in [5.74, 6) is 0. The van der Waals surface area contributed by atoms with E-state index in [1.807, 2.05) is 7.05 Å². The van der Waals surface area contributed by atoms with Crippen molar-refractivity contribution in [2.75, 3.05) is 7.05 Å². The van der Waals surface area contributed by atoms with Gasteiger partial charge in [-0.3, -0.25) is 0 Å². The maximum atomic E-state index is 3.50. The zero-order valence-electron chi connectivity index (χ0n) is 9.41. The van der Waals surface area contributed by atoms with Crippen molar-refractivity contribution in [3.8, 4) is 0 Å². The summed E-state index contributed by atoms with van der Waals surface area (Å²) >= 11 is 8.74. The lowest BCUT2D eigenvalue weighted by Crippen LogP contribution is -2.17.